The minimum absolute atomic E-state index is 1.11. The molecule has 0 fully saturated rings. The quantitative estimate of drug-likeness (QED) is 0.171. The number of fused-ring (bicyclic) bond motifs is 6. The zero-order valence-electron chi connectivity index (χ0n) is 27.8. The number of thiophene rings is 1. The van der Waals surface area contributed by atoms with E-state index in [4.69, 9.17) is 0 Å². The van der Waals surface area contributed by atoms with E-state index in [1.165, 1.54) is 64.2 Å². The lowest BCUT2D eigenvalue weighted by molar-refractivity contribution is 1.18. The maximum absolute atomic E-state index is 2.41. The van der Waals surface area contributed by atoms with Gasteiger partial charge in [-0.2, -0.15) is 0 Å². The van der Waals surface area contributed by atoms with Crippen LogP contribution >= 0.6 is 11.3 Å². The third-order valence-electron chi connectivity index (χ3n) is 10.00. The van der Waals surface area contributed by atoms with E-state index in [0.29, 0.717) is 0 Å². The third-order valence-corrected chi connectivity index (χ3v) is 11.1. The summed E-state index contributed by atoms with van der Waals surface area (Å²) in [5.74, 6) is 0. The van der Waals surface area contributed by atoms with Crippen LogP contribution in [0.3, 0.4) is 0 Å². The first-order valence-electron chi connectivity index (χ1n) is 17.4. The Morgan fingerprint density at radius 3 is 1.71 bits per heavy atom. The van der Waals surface area contributed by atoms with Crippen molar-refractivity contribution in [3.05, 3.63) is 194 Å². The van der Waals surface area contributed by atoms with E-state index in [-0.39, 0.29) is 0 Å². The highest BCUT2D eigenvalue weighted by molar-refractivity contribution is 7.25. The molecule has 8 aromatic carbocycles. The number of benzene rings is 8. The summed E-state index contributed by atoms with van der Waals surface area (Å²) >= 11 is 1.86. The summed E-state index contributed by atoms with van der Waals surface area (Å²) in [5, 5.41) is 5.13. The Kier molecular flexibility index (Phi) is 7.04. The molecule has 2 aromatic heterocycles. The maximum atomic E-state index is 2.41. The van der Waals surface area contributed by atoms with Crippen LogP contribution in [-0.4, -0.2) is 4.57 Å². The van der Waals surface area contributed by atoms with Crippen LogP contribution in [0.4, 0.5) is 17.1 Å². The number of hydrogen-bond donors (Lipinski definition) is 0. The minimum atomic E-state index is 1.11. The van der Waals surface area contributed by atoms with Crippen molar-refractivity contribution in [2.24, 2.45) is 0 Å². The van der Waals surface area contributed by atoms with E-state index in [9.17, 15) is 0 Å². The van der Waals surface area contributed by atoms with Crippen LogP contribution in [0.2, 0.25) is 0 Å². The lowest BCUT2D eigenvalue weighted by Crippen LogP contribution is -2.09. The molecule has 10 rings (SSSR count). The van der Waals surface area contributed by atoms with E-state index >= 15 is 0 Å². The summed E-state index contributed by atoms with van der Waals surface area (Å²) in [6, 6.07) is 70.3. The highest BCUT2D eigenvalue weighted by atomic mass is 32.1. The smallest absolute Gasteiger partial charge is 0.0619 e. The van der Waals surface area contributed by atoms with Gasteiger partial charge in [0.2, 0.25) is 0 Å². The van der Waals surface area contributed by atoms with Crippen LogP contribution in [0, 0.1) is 0 Å². The second-order valence-corrected chi connectivity index (χ2v) is 14.0. The number of para-hydroxylation sites is 3. The Morgan fingerprint density at radius 1 is 0.373 bits per heavy atom. The fraction of sp³-hybridized carbons (Fsp3) is 0. The van der Waals surface area contributed by atoms with Gasteiger partial charge in [-0.3, -0.25) is 0 Å². The van der Waals surface area contributed by atoms with E-state index < -0.39 is 0 Å². The molecule has 0 N–H and O–H groups in total. The standard InChI is InChI=1S/C48H32N2S/c1-3-12-33(13-4-1)34-22-26-37(27-23-34)49(39-30-31-43-42-17-8-10-21-46(42)51-47(43)32-39)38-28-24-35(25-29-38)40-18-11-19-44-41-16-7-9-20-45(41)50(48(40)44)36-14-5-2-6-15-36/h1-32H. The van der Waals surface area contributed by atoms with Gasteiger partial charge < -0.3 is 9.47 Å². The SMILES string of the molecule is c1ccc(-c2ccc(N(c3ccc(-c4cccc5c6ccccc6n(-c6ccccc6)c45)cc3)c3ccc4c(c3)sc3ccccc34)cc2)cc1. The molecule has 2 nitrogen and oxygen atoms in total. The van der Waals surface area contributed by atoms with Gasteiger partial charge in [0.15, 0.2) is 0 Å². The highest BCUT2D eigenvalue weighted by Crippen LogP contribution is 2.43. The minimum Gasteiger partial charge on any atom is -0.310 e. The van der Waals surface area contributed by atoms with Gasteiger partial charge in [0.1, 0.15) is 0 Å². The summed E-state index contributed by atoms with van der Waals surface area (Å²) in [7, 11) is 0. The van der Waals surface area contributed by atoms with Crippen molar-refractivity contribution in [1.29, 1.82) is 0 Å². The zero-order chi connectivity index (χ0) is 33.7. The molecule has 10 aromatic rings. The molecule has 2 heterocycles. The molecule has 0 spiro atoms. The van der Waals surface area contributed by atoms with Gasteiger partial charge in [0.25, 0.3) is 0 Å². The topological polar surface area (TPSA) is 8.17 Å². The molecule has 0 bridgehead atoms. The zero-order valence-corrected chi connectivity index (χ0v) is 28.6. The Hall–Kier alpha value is -6.42. The molecule has 240 valence electrons. The largest absolute Gasteiger partial charge is 0.310 e. The molecule has 0 aliphatic rings. The van der Waals surface area contributed by atoms with Crippen molar-refractivity contribution in [2.75, 3.05) is 4.90 Å². The lowest BCUT2D eigenvalue weighted by Gasteiger charge is -2.26. The Balaban J connectivity index is 1.12. The normalized spacial score (nSPS) is 11.5. The van der Waals surface area contributed by atoms with E-state index in [1.54, 1.807) is 0 Å². The molecular formula is C48H32N2S. The van der Waals surface area contributed by atoms with Crippen LogP contribution in [0.25, 0.3) is 69.9 Å². The molecule has 0 aliphatic heterocycles. The molecule has 0 atom stereocenters. The first kappa shape index (κ1) is 29.5. The van der Waals surface area contributed by atoms with Crippen molar-refractivity contribution in [3.63, 3.8) is 0 Å². The molecule has 0 aliphatic carbocycles. The summed E-state index contributed by atoms with van der Waals surface area (Å²) in [4.78, 5) is 2.38. The van der Waals surface area contributed by atoms with Gasteiger partial charge >= 0.3 is 0 Å². The second kappa shape index (κ2) is 12.2. The van der Waals surface area contributed by atoms with Gasteiger partial charge in [-0.05, 0) is 77.4 Å². The van der Waals surface area contributed by atoms with Crippen LogP contribution in [0.5, 0.6) is 0 Å². The second-order valence-electron chi connectivity index (χ2n) is 13.0. The first-order valence-corrected chi connectivity index (χ1v) is 18.2. The summed E-state index contributed by atoms with van der Waals surface area (Å²) < 4.78 is 5.01. The highest BCUT2D eigenvalue weighted by Gasteiger charge is 2.18. The average molecular weight is 669 g/mol. The summed E-state index contributed by atoms with van der Waals surface area (Å²) in [6.07, 6.45) is 0. The van der Waals surface area contributed by atoms with Crippen LogP contribution in [0.15, 0.2) is 194 Å². The fourth-order valence-corrected chi connectivity index (χ4v) is 8.76. The van der Waals surface area contributed by atoms with Crippen molar-refractivity contribution in [1.82, 2.24) is 4.57 Å². The molecular weight excluding hydrogens is 637 g/mol. The predicted molar refractivity (Wildman–Crippen MR) is 219 cm³/mol. The van der Waals surface area contributed by atoms with E-state index in [2.05, 4.69) is 204 Å². The Labute approximate surface area is 300 Å². The predicted octanol–water partition coefficient (Wildman–Crippen LogP) is 14.0. The number of aromatic nitrogens is 1. The average Bonchev–Trinajstić information content (AvgIpc) is 3.75. The number of rotatable bonds is 6. The molecule has 0 radical (unpaired) electrons. The van der Waals surface area contributed by atoms with Crippen molar-refractivity contribution >= 4 is 70.4 Å². The van der Waals surface area contributed by atoms with Gasteiger partial charge in [-0.15, -0.1) is 11.3 Å². The van der Waals surface area contributed by atoms with Crippen molar-refractivity contribution in [3.8, 4) is 27.9 Å². The molecule has 0 amide bonds. The van der Waals surface area contributed by atoms with Gasteiger partial charge in [-0.1, -0.05) is 133 Å². The number of hydrogen-bond acceptors (Lipinski definition) is 2. The number of anilines is 3. The lowest BCUT2D eigenvalue weighted by atomic mass is 10.0. The van der Waals surface area contributed by atoms with Crippen LogP contribution in [-0.2, 0) is 0 Å². The molecule has 0 saturated heterocycles. The van der Waals surface area contributed by atoms with Crippen LogP contribution < -0.4 is 4.90 Å². The monoisotopic (exact) mass is 668 g/mol. The maximum Gasteiger partial charge on any atom is 0.0619 e. The van der Waals surface area contributed by atoms with E-state index in [1.807, 2.05) is 11.3 Å². The van der Waals surface area contributed by atoms with Crippen molar-refractivity contribution < 1.29 is 0 Å². The summed E-state index contributed by atoms with van der Waals surface area (Å²) in [6.45, 7) is 0. The summed E-state index contributed by atoms with van der Waals surface area (Å²) in [5.41, 5.74) is 11.8. The van der Waals surface area contributed by atoms with Crippen molar-refractivity contribution in [2.45, 2.75) is 0 Å². The fourth-order valence-electron chi connectivity index (χ4n) is 7.62. The molecule has 0 unspecified atom stereocenters. The first-order chi connectivity index (χ1) is 25.3. The van der Waals surface area contributed by atoms with Gasteiger partial charge in [0, 0.05) is 59.3 Å². The van der Waals surface area contributed by atoms with E-state index in [0.717, 1.165) is 22.7 Å². The third kappa shape index (κ3) is 5.01. The Bertz CT molecular complexity index is 2830. The van der Waals surface area contributed by atoms with Gasteiger partial charge in [-0.25, -0.2) is 0 Å². The number of nitrogens with zero attached hydrogens (tertiary/aromatic N) is 2. The molecule has 51 heavy (non-hydrogen) atoms. The Morgan fingerprint density at radius 2 is 0.941 bits per heavy atom. The molecule has 0 saturated carbocycles. The van der Waals surface area contributed by atoms with Crippen LogP contribution in [0.1, 0.15) is 0 Å². The van der Waals surface area contributed by atoms with Gasteiger partial charge in [0.05, 0.1) is 11.0 Å². The molecule has 3 heteroatoms.